The highest BCUT2D eigenvalue weighted by Crippen LogP contribution is 2.28. The molecule has 8 heteroatoms. The van der Waals surface area contributed by atoms with Gasteiger partial charge < -0.3 is 14.2 Å². The Morgan fingerprint density at radius 3 is 2.90 bits per heavy atom. The van der Waals surface area contributed by atoms with E-state index in [2.05, 4.69) is 15.4 Å². The van der Waals surface area contributed by atoms with Crippen LogP contribution in [0.3, 0.4) is 0 Å². The molecule has 1 N–H and O–H groups in total. The third-order valence-corrected chi connectivity index (χ3v) is 6.03. The maximum absolute atomic E-state index is 12.5. The monoisotopic (exact) mass is 439 g/mol. The number of hydrogen-bond donors (Lipinski definition) is 1. The molecule has 0 saturated carbocycles. The van der Waals surface area contributed by atoms with E-state index in [0.717, 1.165) is 48.5 Å². The molecule has 1 aromatic heterocycles. The fraction of sp³-hybridized carbons (Fsp3) is 0.304. The van der Waals surface area contributed by atoms with Crippen LogP contribution < -0.4 is 14.9 Å². The van der Waals surface area contributed by atoms with Crippen molar-refractivity contribution in [1.82, 2.24) is 10.3 Å². The lowest BCUT2D eigenvalue weighted by molar-refractivity contribution is 0.0321. The van der Waals surface area contributed by atoms with Gasteiger partial charge in [-0.1, -0.05) is 18.2 Å². The summed E-state index contributed by atoms with van der Waals surface area (Å²) in [4.78, 5) is 14.8. The number of ether oxygens (including phenoxy) is 3. The Labute approximate surface area is 185 Å². The van der Waals surface area contributed by atoms with E-state index in [1.54, 1.807) is 24.7 Å². The van der Waals surface area contributed by atoms with Gasteiger partial charge in [0.05, 0.1) is 32.1 Å². The van der Waals surface area contributed by atoms with E-state index in [-0.39, 0.29) is 5.91 Å². The number of nitrogens with one attached hydrogen (secondary N) is 1. The van der Waals surface area contributed by atoms with E-state index in [4.69, 9.17) is 14.2 Å². The molecule has 1 aliphatic rings. The summed E-state index contributed by atoms with van der Waals surface area (Å²) in [5, 5.41) is 6.88. The molecule has 7 nitrogen and oxygen atoms in total. The molecule has 1 fully saturated rings. The van der Waals surface area contributed by atoms with Crippen molar-refractivity contribution in [3.63, 3.8) is 0 Å². The maximum atomic E-state index is 12.5. The van der Waals surface area contributed by atoms with Crippen LogP contribution in [0.4, 0.5) is 0 Å². The summed E-state index contributed by atoms with van der Waals surface area (Å²) in [6.45, 7) is 4.84. The Bertz CT molecular complexity index is 1060. The molecule has 0 bridgehead atoms. The number of amides is 1. The van der Waals surface area contributed by atoms with Crippen molar-refractivity contribution >= 4 is 33.5 Å². The van der Waals surface area contributed by atoms with Gasteiger partial charge in [-0.25, -0.2) is 5.43 Å². The van der Waals surface area contributed by atoms with E-state index in [9.17, 15) is 4.79 Å². The standard InChI is InChI=1S/C23H25N3O4S/c1-28-21-14-17(6-7-20(21)30-13-10-26-8-11-29-12-9-26)15-24-25-23(27)19-16-31-22-5-3-2-4-18(19)22/h2-7,14-16H,8-13H2,1H3,(H,25,27)/b24-15-. The maximum Gasteiger partial charge on any atom is 0.272 e. The number of carbonyl (C=O) groups excluding carboxylic acids is 1. The zero-order chi connectivity index (χ0) is 21.5. The van der Waals surface area contributed by atoms with Crippen molar-refractivity contribution in [2.24, 2.45) is 5.10 Å². The summed E-state index contributed by atoms with van der Waals surface area (Å²) in [7, 11) is 1.61. The van der Waals surface area contributed by atoms with Gasteiger partial charge in [0.1, 0.15) is 6.61 Å². The molecule has 0 unspecified atom stereocenters. The largest absolute Gasteiger partial charge is 0.493 e. The smallest absolute Gasteiger partial charge is 0.272 e. The third-order valence-electron chi connectivity index (χ3n) is 5.06. The summed E-state index contributed by atoms with van der Waals surface area (Å²) >= 11 is 1.54. The van der Waals surface area contributed by atoms with Crippen LogP contribution in [0.1, 0.15) is 15.9 Å². The summed E-state index contributed by atoms with van der Waals surface area (Å²) in [6.07, 6.45) is 1.59. The molecule has 4 rings (SSSR count). The fourth-order valence-electron chi connectivity index (χ4n) is 3.37. The lowest BCUT2D eigenvalue weighted by atomic mass is 10.2. The van der Waals surface area contributed by atoms with Gasteiger partial charge in [0.25, 0.3) is 5.91 Å². The Hall–Kier alpha value is -2.94. The topological polar surface area (TPSA) is 72.4 Å². The average molecular weight is 440 g/mol. The highest BCUT2D eigenvalue weighted by atomic mass is 32.1. The van der Waals surface area contributed by atoms with Gasteiger partial charge in [-0.2, -0.15) is 5.10 Å². The highest BCUT2D eigenvalue weighted by molar-refractivity contribution is 7.17. The van der Waals surface area contributed by atoms with Crippen molar-refractivity contribution < 1.29 is 19.0 Å². The molecule has 162 valence electrons. The number of morpholine rings is 1. The highest BCUT2D eigenvalue weighted by Gasteiger charge is 2.12. The lowest BCUT2D eigenvalue weighted by Gasteiger charge is -2.26. The molecule has 1 aliphatic heterocycles. The fourth-order valence-corrected chi connectivity index (χ4v) is 4.31. The van der Waals surface area contributed by atoms with Crippen molar-refractivity contribution in [2.75, 3.05) is 46.6 Å². The molecule has 1 amide bonds. The van der Waals surface area contributed by atoms with E-state index in [1.807, 2.05) is 47.8 Å². The molecule has 0 atom stereocenters. The van der Waals surface area contributed by atoms with Crippen molar-refractivity contribution in [3.05, 3.63) is 59.0 Å². The SMILES string of the molecule is COc1cc(/C=N\NC(=O)c2csc3ccccc23)ccc1OCCN1CCOCC1. The van der Waals surface area contributed by atoms with E-state index < -0.39 is 0 Å². The normalized spacial score (nSPS) is 14.7. The van der Waals surface area contributed by atoms with Crippen LogP contribution in [0, 0.1) is 0 Å². The molecule has 0 radical (unpaired) electrons. The molecule has 1 saturated heterocycles. The zero-order valence-electron chi connectivity index (χ0n) is 17.4. The molecule has 2 heterocycles. The number of thiophene rings is 1. The predicted octanol–water partition coefficient (Wildman–Crippen LogP) is 3.38. The lowest BCUT2D eigenvalue weighted by Crippen LogP contribution is -2.38. The first kappa shape index (κ1) is 21.3. The van der Waals surface area contributed by atoms with Gasteiger partial charge in [-0.3, -0.25) is 9.69 Å². The number of methoxy groups -OCH3 is 1. The first-order valence-electron chi connectivity index (χ1n) is 10.1. The summed E-state index contributed by atoms with van der Waals surface area (Å²) < 4.78 is 17.8. The van der Waals surface area contributed by atoms with Gasteiger partial charge >= 0.3 is 0 Å². The Kier molecular flexibility index (Phi) is 7.14. The minimum Gasteiger partial charge on any atom is -0.493 e. The Balaban J connectivity index is 1.33. The predicted molar refractivity (Wildman–Crippen MR) is 123 cm³/mol. The van der Waals surface area contributed by atoms with Gasteiger partial charge in [-0.05, 0) is 29.8 Å². The molecular weight excluding hydrogens is 414 g/mol. The van der Waals surface area contributed by atoms with Crippen LogP contribution in [-0.4, -0.2) is 63.6 Å². The number of nitrogens with zero attached hydrogens (tertiary/aromatic N) is 2. The molecule has 2 aromatic carbocycles. The van der Waals surface area contributed by atoms with E-state index >= 15 is 0 Å². The molecule has 0 spiro atoms. The van der Waals surface area contributed by atoms with Gasteiger partial charge in [0.15, 0.2) is 11.5 Å². The van der Waals surface area contributed by atoms with Crippen molar-refractivity contribution in [2.45, 2.75) is 0 Å². The molecule has 0 aliphatic carbocycles. The van der Waals surface area contributed by atoms with Gasteiger partial charge in [0, 0.05) is 35.1 Å². The minimum atomic E-state index is -0.233. The number of hydrazone groups is 1. The van der Waals surface area contributed by atoms with Crippen LogP contribution in [-0.2, 0) is 4.74 Å². The summed E-state index contributed by atoms with van der Waals surface area (Å²) in [5.74, 6) is 1.08. The number of fused-ring (bicyclic) bond motifs is 1. The second kappa shape index (κ2) is 10.4. The second-order valence-electron chi connectivity index (χ2n) is 7.06. The Morgan fingerprint density at radius 1 is 1.23 bits per heavy atom. The summed E-state index contributed by atoms with van der Waals surface area (Å²) in [5.41, 5.74) is 4.02. The van der Waals surface area contributed by atoms with Gasteiger partial charge in [0.2, 0.25) is 0 Å². The van der Waals surface area contributed by atoms with E-state index in [0.29, 0.717) is 23.7 Å². The number of hydrogen-bond acceptors (Lipinski definition) is 7. The van der Waals surface area contributed by atoms with Crippen LogP contribution in [0.25, 0.3) is 10.1 Å². The van der Waals surface area contributed by atoms with Crippen molar-refractivity contribution in [1.29, 1.82) is 0 Å². The van der Waals surface area contributed by atoms with Crippen molar-refractivity contribution in [3.8, 4) is 11.5 Å². The quantitative estimate of drug-likeness (QED) is 0.430. The minimum absolute atomic E-state index is 0.233. The molecule has 3 aromatic rings. The molecule has 31 heavy (non-hydrogen) atoms. The average Bonchev–Trinajstić information content (AvgIpc) is 3.25. The number of carbonyl (C=O) groups is 1. The zero-order valence-corrected chi connectivity index (χ0v) is 18.2. The van der Waals surface area contributed by atoms with E-state index in [1.165, 1.54) is 0 Å². The van der Waals surface area contributed by atoms with Crippen LogP contribution in [0.5, 0.6) is 11.5 Å². The van der Waals surface area contributed by atoms with Gasteiger partial charge in [-0.15, -0.1) is 11.3 Å². The van der Waals surface area contributed by atoms with Crippen LogP contribution in [0.15, 0.2) is 52.9 Å². The van der Waals surface area contributed by atoms with Crippen LogP contribution in [0.2, 0.25) is 0 Å². The Morgan fingerprint density at radius 2 is 2.06 bits per heavy atom. The third kappa shape index (κ3) is 5.41. The van der Waals surface area contributed by atoms with Crippen LogP contribution >= 0.6 is 11.3 Å². The second-order valence-corrected chi connectivity index (χ2v) is 7.97. The first-order valence-corrected chi connectivity index (χ1v) is 11.0. The molecular formula is C23H25N3O4S. The number of rotatable bonds is 8. The first-order chi connectivity index (χ1) is 15.2. The number of benzene rings is 2. The summed E-state index contributed by atoms with van der Waals surface area (Å²) in [6, 6.07) is 13.4.